The molecule has 1 heterocycles. The van der Waals surface area contributed by atoms with Crippen LogP contribution in [0.4, 0.5) is 0 Å². The molecule has 1 aromatic heterocycles. The zero-order valence-corrected chi connectivity index (χ0v) is 10.7. The van der Waals surface area contributed by atoms with Crippen LogP contribution in [0, 0.1) is 12.3 Å². The summed E-state index contributed by atoms with van der Waals surface area (Å²) >= 11 is 0. The van der Waals surface area contributed by atoms with Crippen LogP contribution in [0.3, 0.4) is 0 Å². The van der Waals surface area contributed by atoms with Gasteiger partial charge in [0.25, 0.3) is 0 Å². The Hall–Kier alpha value is -2.07. The number of aromatic nitrogens is 1. The van der Waals surface area contributed by atoms with Crippen molar-refractivity contribution in [3.63, 3.8) is 0 Å². The summed E-state index contributed by atoms with van der Waals surface area (Å²) in [5.74, 6) is 1.31. The summed E-state index contributed by atoms with van der Waals surface area (Å²) in [6, 6.07) is 11.1. The van der Waals surface area contributed by atoms with Gasteiger partial charge in [0.05, 0.1) is 0 Å². The van der Waals surface area contributed by atoms with Crippen LogP contribution in [0.2, 0.25) is 0 Å². The normalized spacial score (nSPS) is 9.39. The van der Waals surface area contributed by atoms with Gasteiger partial charge in [-0.25, -0.2) is 0 Å². The van der Waals surface area contributed by atoms with Gasteiger partial charge in [-0.3, -0.25) is 10.4 Å². The van der Waals surface area contributed by atoms with Gasteiger partial charge in [0.1, 0.15) is 23.0 Å². The van der Waals surface area contributed by atoms with Gasteiger partial charge in [-0.15, -0.1) is 12.4 Å². The number of pyridine rings is 1. The molecule has 4 nitrogen and oxygen atoms in total. The Morgan fingerprint density at radius 1 is 1.22 bits per heavy atom. The summed E-state index contributed by atoms with van der Waals surface area (Å²) in [6.45, 7) is 2.00. The number of halogens is 1. The number of nitrogens with one attached hydrogen (secondary N) is 1. The first kappa shape index (κ1) is 14.0. The highest BCUT2D eigenvalue weighted by molar-refractivity contribution is 5.93. The molecule has 0 aliphatic heterocycles. The van der Waals surface area contributed by atoms with E-state index in [2.05, 4.69) is 4.98 Å². The monoisotopic (exact) mass is 263 g/mol. The second-order valence-electron chi connectivity index (χ2n) is 3.71. The van der Waals surface area contributed by atoms with E-state index >= 15 is 0 Å². The Bertz CT molecular complexity index is 557. The van der Waals surface area contributed by atoms with E-state index in [0.29, 0.717) is 11.4 Å². The van der Waals surface area contributed by atoms with Gasteiger partial charge >= 0.3 is 0 Å². The zero-order chi connectivity index (χ0) is 12.3. The molecule has 0 saturated carbocycles. The number of aryl methyl sites for hydroxylation is 1. The molecule has 0 amide bonds. The van der Waals surface area contributed by atoms with Gasteiger partial charge < -0.3 is 10.5 Å². The van der Waals surface area contributed by atoms with Crippen molar-refractivity contribution in [3.05, 3.63) is 53.9 Å². The summed E-state index contributed by atoms with van der Waals surface area (Å²) in [5, 5.41) is 7.31. The summed E-state index contributed by atoms with van der Waals surface area (Å²) in [6.07, 6.45) is 1.57. The van der Waals surface area contributed by atoms with Crippen molar-refractivity contribution in [3.8, 4) is 11.5 Å². The zero-order valence-electron chi connectivity index (χ0n) is 9.88. The van der Waals surface area contributed by atoms with E-state index < -0.39 is 0 Å². The third-order valence-corrected chi connectivity index (χ3v) is 2.23. The predicted octanol–water partition coefficient (Wildman–Crippen LogP) is 2.89. The van der Waals surface area contributed by atoms with Crippen LogP contribution in [0.25, 0.3) is 0 Å². The lowest BCUT2D eigenvalue weighted by Crippen LogP contribution is -2.12. The molecule has 0 bridgehead atoms. The number of nitrogen functional groups attached to an aromatic ring is 1. The maximum Gasteiger partial charge on any atom is 0.141 e. The fourth-order valence-corrected chi connectivity index (χ4v) is 1.44. The molecule has 2 rings (SSSR count). The molecule has 2 aromatic rings. The van der Waals surface area contributed by atoms with Crippen LogP contribution in [-0.2, 0) is 0 Å². The average Bonchev–Trinajstić information content (AvgIpc) is 2.29. The number of hydrogen-bond acceptors (Lipinski definition) is 3. The van der Waals surface area contributed by atoms with Gasteiger partial charge in [-0.1, -0.05) is 12.1 Å². The van der Waals surface area contributed by atoms with Crippen molar-refractivity contribution in [2.24, 2.45) is 5.73 Å². The maximum atomic E-state index is 7.31. The topological polar surface area (TPSA) is 72.0 Å². The Balaban J connectivity index is 0.00000162. The van der Waals surface area contributed by atoms with E-state index in [1.54, 1.807) is 18.3 Å². The molecule has 0 aliphatic rings. The molecular formula is C13H14ClN3O. The first-order valence-electron chi connectivity index (χ1n) is 5.20. The van der Waals surface area contributed by atoms with E-state index in [4.69, 9.17) is 15.9 Å². The first-order valence-corrected chi connectivity index (χ1v) is 5.20. The lowest BCUT2D eigenvalue weighted by molar-refractivity contribution is 0.481. The number of amidine groups is 1. The molecule has 0 atom stereocenters. The van der Waals surface area contributed by atoms with Gasteiger partial charge in [-0.2, -0.15) is 0 Å². The van der Waals surface area contributed by atoms with Crippen LogP contribution in [0.15, 0.2) is 42.6 Å². The fourth-order valence-electron chi connectivity index (χ4n) is 1.44. The largest absolute Gasteiger partial charge is 0.457 e. The molecule has 5 heteroatoms. The van der Waals surface area contributed by atoms with Gasteiger partial charge in [0, 0.05) is 12.3 Å². The van der Waals surface area contributed by atoms with E-state index in [9.17, 15) is 0 Å². The number of hydrogen-bond donors (Lipinski definition) is 2. The maximum absolute atomic E-state index is 7.31. The van der Waals surface area contributed by atoms with Crippen molar-refractivity contribution in [2.45, 2.75) is 6.92 Å². The molecule has 0 spiro atoms. The van der Waals surface area contributed by atoms with Gasteiger partial charge in [0.2, 0.25) is 0 Å². The lowest BCUT2D eigenvalue weighted by atomic mass is 10.2. The third kappa shape index (κ3) is 3.46. The minimum atomic E-state index is -0.0697. The van der Waals surface area contributed by atoms with Crippen LogP contribution >= 0.6 is 12.4 Å². The highest BCUT2D eigenvalue weighted by Gasteiger charge is 2.02. The SMILES string of the molecule is Cc1cccc(Oc2ccnc(C(=N)N)c2)c1.Cl. The molecule has 94 valence electrons. The number of nitrogens with two attached hydrogens (primary N) is 1. The van der Waals surface area contributed by atoms with Crippen molar-refractivity contribution in [1.29, 1.82) is 5.41 Å². The lowest BCUT2D eigenvalue weighted by Gasteiger charge is -2.07. The molecule has 0 aliphatic carbocycles. The Morgan fingerprint density at radius 3 is 2.61 bits per heavy atom. The van der Waals surface area contributed by atoms with Crippen molar-refractivity contribution in [1.82, 2.24) is 4.98 Å². The van der Waals surface area contributed by atoms with E-state index in [1.165, 1.54) is 0 Å². The van der Waals surface area contributed by atoms with Crippen LogP contribution in [-0.4, -0.2) is 10.8 Å². The smallest absolute Gasteiger partial charge is 0.141 e. The third-order valence-electron chi connectivity index (χ3n) is 2.23. The van der Waals surface area contributed by atoms with Crippen molar-refractivity contribution in [2.75, 3.05) is 0 Å². The van der Waals surface area contributed by atoms with E-state index in [-0.39, 0.29) is 18.2 Å². The molecule has 18 heavy (non-hydrogen) atoms. The van der Waals surface area contributed by atoms with Gasteiger partial charge in [0.15, 0.2) is 0 Å². The number of nitrogens with zero attached hydrogens (tertiary/aromatic N) is 1. The Kier molecular flexibility index (Phi) is 4.68. The minimum Gasteiger partial charge on any atom is -0.457 e. The molecular weight excluding hydrogens is 250 g/mol. The Labute approximate surface area is 112 Å². The molecule has 0 unspecified atom stereocenters. The predicted molar refractivity (Wildman–Crippen MR) is 73.8 cm³/mol. The number of benzene rings is 1. The summed E-state index contributed by atoms with van der Waals surface area (Å²) in [4.78, 5) is 3.97. The van der Waals surface area contributed by atoms with Crippen molar-refractivity contribution < 1.29 is 4.74 Å². The van der Waals surface area contributed by atoms with Crippen LogP contribution in [0.5, 0.6) is 11.5 Å². The first-order chi connectivity index (χ1) is 8.15. The van der Waals surface area contributed by atoms with E-state index in [1.807, 2.05) is 31.2 Å². The quantitative estimate of drug-likeness (QED) is 0.661. The average molecular weight is 264 g/mol. The molecule has 1 aromatic carbocycles. The summed E-state index contributed by atoms with van der Waals surface area (Å²) in [5.41, 5.74) is 6.91. The standard InChI is InChI=1S/C13H13N3O.ClH/c1-9-3-2-4-10(7-9)17-11-5-6-16-12(8-11)13(14)15;/h2-8H,1H3,(H3,14,15);1H. The summed E-state index contributed by atoms with van der Waals surface area (Å²) in [7, 11) is 0. The highest BCUT2D eigenvalue weighted by atomic mass is 35.5. The highest BCUT2D eigenvalue weighted by Crippen LogP contribution is 2.21. The molecule has 0 fully saturated rings. The molecule has 0 saturated heterocycles. The number of ether oxygens (including phenoxy) is 1. The fraction of sp³-hybridized carbons (Fsp3) is 0.0769. The second-order valence-corrected chi connectivity index (χ2v) is 3.71. The Morgan fingerprint density at radius 2 is 1.94 bits per heavy atom. The van der Waals surface area contributed by atoms with Crippen LogP contribution in [0.1, 0.15) is 11.3 Å². The molecule has 3 N–H and O–H groups in total. The number of rotatable bonds is 3. The van der Waals surface area contributed by atoms with Gasteiger partial charge in [-0.05, 0) is 30.7 Å². The summed E-state index contributed by atoms with van der Waals surface area (Å²) < 4.78 is 5.66. The molecule has 0 radical (unpaired) electrons. The van der Waals surface area contributed by atoms with E-state index in [0.717, 1.165) is 11.3 Å². The van der Waals surface area contributed by atoms with Crippen LogP contribution < -0.4 is 10.5 Å². The second kappa shape index (κ2) is 6.02. The van der Waals surface area contributed by atoms with Crippen molar-refractivity contribution >= 4 is 18.2 Å². The minimum absolute atomic E-state index is 0.